The summed E-state index contributed by atoms with van der Waals surface area (Å²) < 4.78 is 10.2. The van der Waals surface area contributed by atoms with Crippen LogP contribution in [0.15, 0.2) is 10.7 Å². The Morgan fingerprint density at radius 3 is 2.73 bits per heavy atom. The van der Waals surface area contributed by atoms with E-state index in [0.29, 0.717) is 17.3 Å². The van der Waals surface area contributed by atoms with Crippen LogP contribution in [0.25, 0.3) is 0 Å². The molecular formula is C10H17NO3S. The second-order valence-corrected chi connectivity index (χ2v) is 4.62. The number of hydrogen-bond donors (Lipinski definition) is 1. The summed E-state index contributed by atoms with van der Waals surface area (Å²) in [4.78, 5) is 12.2. The lowest BCUT2D eigenvalue weighted by Gasteiger charge is -2.28. The van der Waals surface area contributed by atoms with Crippen LogP contribution < -0.4 is 5.32 Å². The predicted octanol–water partition coefficient (Wildman–Crippen LogP) is 1.48. The highest BCUT2D eigenvalue weighted by atomic mass is 32.2. The van der Waals surface area contributed by atoms with Gasteiger partial charge in [0.05, 0.1) is 25.1 Å². The second-order valence-electron chi connectivity index (χ2n) is 3.27. The van der Waals surface area contributed by atoms with Crippen molar-refractivity contribution >= 4 is 17.7 Å². The molecule has 0 bridgehead atoms. The Bertz CT molecular complexity index is 278. The fraction of sp³-hybridized carbons (Fsp3) is 0.700. The maximum atomic E-state index is 11.6. The zero-order valence-corrected chi connectivity index (χ0v) is 10.3. The lowest BCUT2D eigenvalue weighted by Crippen LogP contribution is -2.39. The molecule has 0 aliphatic carbocycles. The third kappa shape index (κ3) is 2.89. The topological polar surface area (TPSA) is 47.6 Å². The van der Waals surface area contributed by atoms with Gasteiger partial charge in [0.15, 0.2) is 0 Å². The first-order chi connectivity index (χ1) is 7.10. The van der Waals surface area contributed by atoms with Crippen LogP contribution in [-0.4, -0.2) is 31.1 Å². The van der Waals surface area contributed by atoms with Crippen molar-refractivity contribution in [3.05, 3.63) is 10.7 Å². The van der Waals surface area contributed by atoms with Gasteiger partial charge in [0.25, 0.3) is 0 Å². The summed E-state index contributed by atoms with van der Waals surface area (Å²) >= 11 is 1.44. The molecule has 5 heteroatoms. The van der Waals surface area contributed by atoms with Gasteiger partial charge in [0.1, 0.15) is 10.7 Å². The van der Waals surface area contributed by atoms with E-state index in [2.05, 4.69) is 5.32 Å². The number of methoxy groups -OCH3 is 1. The SMILES string of the molecule is CCOC(=O)C1=C(OC)C(C)NC(C)S1. The highest BCUT2D eigenvalue weighted by molar-refractivity contribution is 8.04. The lowest BCUT2D eigenvalue weighted by atomic mass is 10.2. The maximum absolute atomic E-state index is 11.6. The van der Waals surface area contributed by atoms with Gasteiger partial charge in [-0.25, -0.2) is 4.79 Å². The monoisotopic (exact) mass is 231 g/mol. The number of nitrogens with one attached hydrogen (secondary N) is 1. The van der Waals surface area contributed by atoms with Crippen molar-refractivity contribution < 1.29 is 14.3 Å². The molecule has 0 saturated heterocycles. The molecule has 0 radical (unpaired) electrons. The molecule has 0 aromatic carbocycles. The molecule has 1 aliphatic rings. The van der Waals surface area contributed by atoms with Crippen LogP contribution in [-0.2, 0) is 14.3 Å². The first-order valence-electron chi connectivity index (χ1n) is 4.98. The van der Waals surface area contributed by atoms with Crippen molar-refractivity contribution in [2.45, 2.75) is 32.2 Å². The molecule has 2 atom stereocenters. The van der Waals surface area contributed by atoms with Gasteiger partial charge in [0.2, 0.25) is 0 Å². The molecule has 0 aromatic heterocycles. The van der Waals surface area contributed by atoms with E-state index in [4.69, 9.17) is 9.47 Å². The zero-order chi connectivity index (χ0) is 11.4. The quantitative estimate of drug-likeness (QED) is 0.745. The van der Waals surface area contributed by atoms with Gasteiger partial charge < -0.3 is 9.47 Å². The maximum Gasteiger partial charge on any atom is 0.348 e. The number of esters is 1. The Labute approximate surface area is 94.4 Å². The third-order valence-corrected chi connectivity index (χ3v) is 3.17. The predicted molar refractivity (Wildman–Crippen MR) is 60.3 cm³/mol. The molecule has 1 rings (SSSR count). The summed E-state index contributed by atoms with van der Waals surface area (Å²) in [5, 5.41) is 3.47. The van der Waals surface area contributed by atoms with E-state index in [0.717, 1.165) is 0 Å². The van der Waals surface area contributed by atoms with Gasteiger partial charge in [-0.3, -0.25) is 5.32 Å². The normalized spacial score (nSPS) is 26.4. The van der Waals surface area contributed by atoms with E-state index in [-0.39, 0.29) is 17.4 Å². The summed E-state index contributed by atoms with van der Waals surface area (Å²) in [5.41, 5.74) is 0. The van der Waals surface area contributed by atoms with Crippen LogP contribution in [0.5, 0.6) is 0 Å². The molecule has 15 heavy (non-hydrogen) atoms. The van der Waals surface area contributed by atoms with Crippen molar-refractivity contribution in [3.8, 4) is 0 Å². The van der Waals surface area contributed by atoms with E-state index in [1.165, 1.54) is 11.8 Å². The third-order valence-electron chi connectivity index (χ3n) is 2.08. The van der Waals surface area contributed by atoms with Crippen molar-refractivity contribution in [1.29, 1.82) is 0 Å². The first kappa shape index (κ1) is 12.4. The molecule has 86 valence electrons. The van der Waals surface area contributed by atoms with Crippen LogP contribution in [0.3, 0.4) is 0 Å². The molecule has 1 heterocycles. The summed E-state index contributed by atoms with van der Waals surface area (Å²) in [6.45, 7) is 6.15. The summed E-state index contributed by atoms with van der Waals surface area (Å²) in [6, 6.07) is 0.0469. The van der Waals surface area contributed by atoms with E-state index in [9.17, 15) is 4.79 Å². The zero-order valence-electron chi connectivity index (χ0n) is 9.49. The van der Waals surface area contributed by atoms with E-state index >= 15 is 0 Å². The van der Waals surface area contributed by atoms with Gasteiger partial charge >= 0.3 is 5.97 Å². The molecule has 2 unspecified atom stereocenters. The summed E-state index contributed by atoms with van der Waals surface area (Å²) in [5.74, 6) is 0.371. The van der Waals surface area contributed by atoms with Crippen LogP contribution in [0, 0.1) is 0 Å². The molecule has 0 fully saturated rings. The van der Waals surface area contributed by atoms with Crippen molar-refractivity contribution in [3.63, 3.8) is 0 Å². The largest absolute Gasteiger partial charge is 0.498 e. The molecule has 4 nitrogen and oxygen atoms in total. The Balaban J connectivity index is 2.91. The van der Waals surface area contributed by atoms with Crippen LogP contribution in [0.1, 0.15) is 20.8 Å². The van der Waals surface area contributed by atoms with Gasteiger partial charge in [-0.1, -0.05) is 11.8 Å². The highest BCUT2D eigenvalue weighted by Gasteiger charge is 2.29. The van der Waals surface area contributed by atoms with Crippen molar-refractivity contribution in [1.82, 2.24) is 5.32 Å². The minimum absolute atomic E-state index is 0.0469. The Kier molecular flexibility index (Phi) is 4.47. The molecule has 0 aromatic rings. The molecule has 0 amide bonds. The Hall–Kier alpha value is -0.680. The van der Waals surface area contributed by atoms with Gasteiger partial charge in [-0.05, 0) is 20.8 Å². The van der Waals surface area contributed by atoms with Crippen LogP contribution in [0.2, 0.25) is 0 Å². The molecule has 0 saturated carbocycles. The van der Waals surface area contributed by atoms with Gasteiger partial charge in [-0.15, -0.1) is 0 Å². The standard InChI is InChI=1S/C10H17NO3S/c1-5-14-10(12)9-8(13-4)6(2)11-7(3)15-9/h6-7,11H,5H2,1-4H3. The summed E-state index contributed by atoms with van der Waals surface area (Å²) in [7, 11) is 1.57. The number of hydrogen-bond acceptors (Lipinski definition) is 5. The highest BCUT2D eigenvalue weighted by Crippen LogP contribution is 2.31. The molecule has 1 aliphatic heterocycles. The van der Waals surface area contributed by atoms with Gasteiger partial charge in [0, 0.05) is 0 Å². The number of thioether (sulfide) groups is 1. The lowest BCUT2D eigenvalue weighted by molar-refractivity contribution is -0.137. The van der Waals surface area contributed by atoms with Crippen LogP contribution >= 0.6 is 11.8 Å². The molecular weight excluding hydrogens is 214 g/mol. The Morgan fingerprint density at radius 2 is 2.20 bits per heavy atom. The molecule has 0 spiro atoms. The van der Waals surface area contributed by atoms with Gasteiger partial charge in [-0.2, -0.15) is 0 Å². The average molecular weight is 231 g/mol. The number of ether oxygens (including phenoxy) is 2. The number of rotatable bonds is 3. The average Bonchev–Trinajstić information content (AvgIpc) is 2.17. The molecule has 1 N–H and O–H groups in total. The van der Waals surface area contributed by atoms with Crippen molar-refractivity contribution in [2.24, 2.45) is 0 Å². The number of carbonyl (C=O) groups is 1. The van der Waals surface area contributed by atoms with E-state index in [1.54, 1.807) is 14.0 Å². The number of carbonyl (C=O) groups excluding carboxylic acids is 1. The Morgan fingerprint density at radius 1 is 1.53 bits per heavy atom. The van der Waals surface area contributed by atoms with E-state index < -0.39 is 0 Å². The van der Waals surface area contributed by atoms with Crippen molar-refractivity contribution in [2.75, 3.05) is 13.7 Å². The smallest absolute Gasteiger partial charge is 0.348 e. The fourth-order valence-electron chi connectivity index (χ4n) is 1.51. The fourth-order valence-corrected chi connectivity index (χ4v) is 2.67. The summed E-state index contributed by atoms with van der Waals surface area (Å²) in [6.07, 6.45) is 0. The van der Waals surface area contributed by atoms with Crippen LogP contribution in [0.4, 0.5) is 0 Å². The minimum Gasteiger partial charge on any atom is -0.498 e. The first-order valence-corrected chi connectivity index (χ1v) is 5.86. The second kappa shape index (κ2) is 5.42. The van der Waals surface area contributed by atoms with E-state index in [1.807, 2.05) is 13.8 Å². The minimum atomic E-state index is -0.292.